The molecule has 0 atom stereocenters. The van der Waals surface area contributed by atoms with E-state index in [-0.39, 0.29) is 0 Å². The van der Waals surface area contributed by atoms with Crippen molar-refractivity contribution in [2.45, 2.75) is 34.1 Å². The lowest BCUT2D eigenvalue weighted by molar-refractivity contribution is 0.437. The Bertz CT molecular complexity index is 84.7. The van der Waals surface area contributed by atoms with Crippen molar-refractivity contribution < 1.29 is 0 Å². The van der Waals surface area contributed by atoms with Crippen LogP contribution in [0.5, 0.6) is 0 Å². The average Bonchev–Trinajstić information content (AvgIpc) is 1.65. The molecule has 53 valence electrons. The van der Waals surface area contributed by atoms with Crippen LogP contribution in [0.1, 0.15) is 34.1 Å². The first-order valence-corrected chi connectivity index (χ1v) is 3.51. The Hall–Kier alpha value is -0.260. The van der Waals surface area contributed by atoms with E-state index in [0.29, 0.717) is 5.41 Å². The smallest absolute Gasteiger partial charge is 0.00206 e. The largest absolute Gasteiger partial charge is 0.102 e. The SMILES string of the molecule is C=C[C](CC)C(C)(C)C. The Morgan fingerprint density at radius 1 is 1.44 bits per heavy atom. The molecule has 0 N–H and O–H groups in total. The Kier molecular flexibility index (Phi) is 2.96. The van der Waals surface area contributed by atoms with Gasteiger partial charge in [-0.25, -0.2) is 0 Å². The first kappa shape index (κ1) is 8.74. The highest BCUT2D eigenvalue weighted by atomic mass is 14.2. The van der Waals surface area contributed by atoms with E-state index < -0.39 is 0 Å². The zero-order valence-corrected chi connectivity index (χ0v) is 6.99. The molecule has 0 fully saturated rings. The monoisotopic (exact) mass is 125 g/mol. The van der Waals surface area contributed by atoms with E-state index >= 15 is 0 Å². The summed E-state index contributed by atoms with van der Waals surface area (Å²) in [5, 5.41) is 0. The van der Waals surface area contributed by atoms with Crippen LogP contribution < -0.4 is 0 Å². The summed E-state index contributed by atoms with van der Waals surface area (Å²) in [6, 6.07) is 0. The highest BCUT2D eigenvalue weighted by Gasteiger charge is 2.19. The number of allylic oxidation sites excluding steroid dienone is 1. The van der Waals surface area contributed by atoms with Gasteiger partial charge in [0.1, 0.15) is 0 Å². The van der Waals surface area contributed by atoms with E-state index in [0.717, 1.165) is 6.42 Å². The van der Waals surface area contributed by atoms with Crippen molar-refractivity contribution in [3.05, 3.63) is 18.6 Å². The average molecular weight is 125 g/mol. The van der Waals surface area contributed by atoms with Crippen LogP contribution >= 0.6 is 0 Å². The zero-order chi connectivity index (χ0) is 7.49. The lowest BCUT2D eigenvalue weighted by Gasteiger charge is -2.25. The number of rotatable bonds is 2. The number of hydrogen-bond donors (Lipinski definition) is 0. The molecule has 0 spiro atoms. The standard InChI is InChI=1S/C9H17/c1-6-8(7-2)9(3,4)5/h6H,1,7H2,2-5H3. The van der Waals surface area contributed by atoms with Gasteiger partial charge in [0.2, 0.25) is 0 Å². The van der Waals surface area contributed by atoms with Crippen molar-refractivity contribution in [2.24, 2.45) is 5.41 Å². The quantitative estimate of drug-likeness (QED) is 0.531. The van der Waals surface area contributed by atoms with Gasteiger partial charge in [0.05, 0.1) is 0 Å². The second-order valence-electron chi connectivity index (χ2n) is 3.33. The van der Waals surface area contributed by atoms with Crippen molar-refractivity contribution in [1.29, 1.82) is 0 Å². The molecule has 9 heavy (non-hydrogen) atoms. The summed E-state index contributed by atoms with van der Waals surface area (Å²) in [6.45, 7) is 12.6. The highest BCUT2D eigenvalue weighted by molar-refractivity contribution is 5.12. The molecule has 0 amide bonds. The molecule has 0 rings (SSSR count). The van der Waals surface area contributed by atoms with Crippen LogP contribution in [-0.4, -0.2) is 0 Å². The molecule has 0 bridgehead atoms. The fourth-order valence-corrected chi connectivity index (χ4v) is 0.981. The zero-order valence-electron chi connectivity index (χ0n) is 6.99. The molecule has 0 aromatic rings. The minimum atomic E-state index is 0.316. The third kappa shape index (κ3) is 2.69. The molecular formula is C9H17. The normalized spacial score (nSPS) is 12.1. The van der Waals surface area contributed by atoms with E-state index in [9.17, 15) is 0 Å². The molecule has 0 aromatic heterocycles. The van der Waals surface area contributed by atoms with Crippen LogP contribution in [0.3, 0.4) is 0 Å². The molecule has 0 aliphatic carbocycles. The second-order valence-corrected chi connectivity index (χ2v) is 3.33. The van der Waals surface area contributed by atoms with Gasteiger partial charge in [0.25, 0.3) is 0 Å². The lowest BCUT2D eigenvalue weighted by atomic mass is 9.79. The van der Waals surface area contributed by atoms with Crippen molar-refractivity contribution >= 4 is 0 Å². The summed E-state index contributed by atoms with van der Waals surface area (Å²) in [6.07, 6.45) is 3.09. The van der Waals surface area contributed by atoms with E-state index in [2.05, 4.69) is 34.3 Å². The molecule has 0 saturated heterocycles. The van der Waals surface area contributed by atoms with Crippen LogP contribution in [0, 0.1) is 11.3 Å². The molecule has 0 aliphatic rings. The minimum Gasteiger partial charge on any atom is -0.102 e. The van der Waals surface area contributed by atoms with Crippen LogP contribution in [0.2, 0.25) is 0 Å². The third-order valence-electron chi connectivity index (χ3n) is 1.59. The van der Waals surface area contributed by atoms with Crippen molar-refractivity contribution in [3.63, 3.8) is 0 Å². The molecular weight excluding hydrogens is 108 g/mol. The summed E-state index contributed by atoms with van der Waals surface area (Å²) in [5.74, 6) is 1.43. The maximum Gasteiger partial charge on any atom is 0.00206 e. The maximum atomic E-state index is 3.76. The topological polar surface area (TPSA) is 0 Å². The molecule has 0 aliphatic heterocycles. The molecule has 1 radical (unpaired) electrons. The summed E-state index contributed by atoms with van der Waals surface area (Å²) < 4.78 is 0. The van der Waals surface area contributed by atoms with Gasteiger partial charge < -0.3 is 0 Å². The van der Waals surface area contributed by atoms with Crippen LogP contribution in [0.25, 0.3) is 0 Å². The first-order chi connectivity index (χ1) is 4.02. The molecule has 0 heteroatoms. The highest BCUT2D eigenvalue weighted by Crippen LogP contribution is 2.30. The predicted octanol–water partition coefficient (Wildman–Crippen LogP) is 3.20. The van der Waals surface area contributed by atoms with Gasteiger partial charge in [-0.2, -0.15) is 0 Å². The van der Waals surface area contributed by atoms with Crippen molar-refractivity contribution in [2.75, 3.05) is 0 Å². The van der Waals surface area contributed by atoms with Crippen molar-refractivity contribution in [1.82, 2.24) is 0 Å². The van der Waals surface area contributed by atoms with Gasteiger partial charge >= 0.3 is 0 Å². The fourth-order valence-electron chi connectivity index (χ4n) is 0.981. The van der Waals surface area contributed by atoms with Gasteiger partial charge in [-0.15, -0.1) is 6.58 Å². The van der Waals surface area contributed by atoms with Crippen LogP contribution in [0.4, 0.5) is 0 Å². The van der Waals surface area contributed by atoms with Gasteiger partial charge in [0.15, 0.2) is 0 Å². The van der Waals surface area contributed by atoms with Gasteiger partial charge in [0, 0.05) is 5.92 Å². The Morgan fingerprint density at radius 2 is 1.89 bits per heavy atom. The van der Waals surface area contributed by atoms with Gasteiger partial charge in [-0.05, 0) is 11.8 Å². The summed E-state index contributed by atoms with van der Waals surface area (Å²) in [7, 11) is 0. The second kappa shape index (κ2) is 3.05. The third-order valence-corrected chi connectivity index (χ3v) is 1.59. The van der Waals surface area contributed by atoms with E-state index in [1.54, 1.807) is 0 Å². The summed E-state index contributed by atoms with van der Waals surface area (Å²) >= 11 is 0. The Labute approximate surface area is 59.0 Å². The molecule has 0 saturated carbocycles. The lowest BCUT2D eigenvalue weighted by Crippen LogP contribution is -2.14. The van der Waals surface area contributed by atoms with Crippen molar-refractivity contribution in [3.8, 4) is 0 Å². The maximum absolute atomic E-state index is 3.76. The summed E-state index contributed by atoms with van der Waals surface area (Å²) in [5.41, 5.74) is 0.316. The predicted molar refractivity (Wildman–Crippen MR) is 43.2 cm³/mol. The van der Waals surface area contributed by atoms with E-state index in [1.807, 2.05) is 6.08 Å². The Balaban J connectivity index is 3.94. The molecule has 0 aromatic carbocycles. The number of hydrogen-bond acceptors (Lipinski definition) is 0. The van der Waals surface area contributed by atoms with E-state index in [1.165, 1.54) is 5.92 Å². The molecule has 0 unspecified atom stereocenters. The van der Waals surface area contributed by atoms with Crippen LogP contribution in [-0.2, 0) is 0 Å². The van der Waals surface area contributed by atoms with Gasteiger partial charge in [-0.1, -0.05) is 33.8 Å². The molecule has 0 heterocycles. The minimum absolute atomic E-state index is 0.316. The van der Waals surface area contributed by atoms with Crippen LogP contribution in [0.15, 0.2) is 12.7 Å². The first-order valence-electron chi connectivity index (χ1n) is 3.51. The molecule has 0 nitrogen and oxygen atoms in total. The summed E-state index contributed by atoms with van der Waals surface area (Å²) in [4.78, 5) is 0. The van der Waals surface area contributed by atoms with Gasteiger partial charge in [-0.3, -0.25) is 0 Å². The fraction of sp³-hybridized carbons (Fsp3) is 0.667. The van der Waals surface area contributed by atoms with E-state index in [4.69, 9.17) is 0 Å². The Morgan fingerprint density at radius 3 is 1.89 bits per heavy atom.